The van der Waals surface area contributed by atoms with E-state index in [1.807, 2.05) is 13.0 Å². The van der Waals surface area contributed by atoms with Crippen molar-refractivity contribution in [2.45, 2.75) is 39.3 Å². The maximum absolute atomic E-state index is 11.4. The molecule has 1 saturated heterocycles. The Morgan fingerprint density at radius 2 is 2.07 bits per heavy atom. The summed E-state index contributed by atoms with van der Waals surface area (Å²) in [6.07, 6.45) is 3.68. The number of aryl methyl sites for hydroxylation is 1. The number of nitrogens with two attached hydrogens (primary N) is 1. The molecule has 2 aromatic rings. The number of pyridine rings is 1. The fraction of sp³-hybridized carbons (Fsp3) is 0.429. The molecule has 0 spiro atoms. The monoisotopic (exact) mass is 368 g/mol. The first kappa shape index (κ1) is 19.2. The first-order valence-electron chi connectivity index (χ1n) is 9.54. The van der Waals surface area contributed by atoms with E-state index in [-0.39, 0.29) is 0 Å². The predicted octanol–water partition coefficient (Wildman–Crippen LogP) is 2.65. The van der Waals surface area contributed by atoms with E-state index in [1.54, 1.807) is 12.3 Å². The molecule has 0 saturated carbocycles. The predicted molar refractivity (Wildman–Crippen MR) is 107 cm³/mol. The first-order chi connectivity index (χ1) is 13.1. The van der Waals surface area contributed by atoms with Gasteiger partial charge in [-0.3, -0.25) is 4.79 Å². The average Bonchev–Trinajstić information content (AvgIpc) is 2.69. The number of carbonyl (C=O) groups excluding carboxylic acids is 1. The number of anilines is 1. The molecule has 6 heteroatoms. The molecule has 3 N–H and O–H groups in total. The summed E-state index contributed by atoms with van der Waals surface area (Å²) >= 11 is 0. The van der Waals surface area contributed by atoms with Crippen molar-refractivity contribution in [3.05, 3.63) is 53.2 Å². The highest BCUT2D eigenvalue weighted by Gasteiger charge is 2.23. The lowest BCUT2D eigenvalue weighted by molar-refractivity contribution is 0.1000. The van der Waals surface area contributed by atoms with E-state index in [9.17, 15) is 4.79 Å². The Morgan fingerprint density at radius 3 is 2.70 bits per heavy atom. The number of hydrogen-bond donors (Lipinski definition) is 2. The van der Waals surface area contributed by atoms with Crippen LogP contribution in [0.3, 0.4) is 0 Å². The lowest BCUT2D eigenvalue weighted by Gasteiger charge is -2.36. The number of benzene rings is 1. The molecular formula is C21H28N4O2. The zero-order chi connectivity index (χ0) is 19.2. The zero-order valence-electron chi connectivity index (χ0n) is 16.1. The number of amides is 1. The quantitative estimate of drug-likeness (QED) is 0.785. The highest BCUT2D eigenvalue weighted by atomic mass is 16.5. The van der Waals surface area contributed by atoms with E-state index in [2.05, 4.69) is 40.3 Å². The van der Waals surface area contributed by atoms with Gasteiger partial charge in [0.2, 0.25) is 5.91 Å². The number of piperidine rings is 1. The van der Waals surface area contributed by atoms with Crippen molar-refractivity contribution < 1.29 is 9.53 Å². The zero-order valence-corrected chi connectivity index (χ0v) is 16.1. The van der Waals surface area contributed by atoms with Gasteiger partial charge in [-0.05, 0) is 69.1 Å². The van der Waals surface area contributed by atoms with Crippen molar-refractivity contribution in [1.29, 1.82) is 0 Å². The second-order valence-corrected chi connectivity index (χ2v) is 6.91. The minimum absolute atomic E-state index is 0.398. The Balaban J connectivity index is 1.88. The third-order valence-electron chi connectivity index (χ3n) is 4.98. The third kappa shape index (κ3) is 4.77. The van der Waals surface area contributed by atoms with Crippen molar-refractivity contribution in [3.63, 3.8) is 0 Å². The fourth-order valence-corrected chi connectivity index (χ4v) is 3.47. The highest BCUT2D eigenvalue weighted by Crippen LogP contribution is 2.26. The highest BCUT2D eigenvalue weighted by molar-refractivity contribution is 5.92. The summed E-state index contributed by atoms with van der Waals surface area (Å²) in [6.45, 7) is 7.45. The van der Waals surface area contributed by atoms with E-state index >= 15 is 0 Å². The lowest BCUT2D eigenvalue weighted by atomic mass is 10.0. The number of rotatable bonds is 7. The topological polar surface area (TPSA) is 80.5 Å². The number of primary amides is 1. The van der Waals surface area contributed by atoms with Crippen LogP contribution < -0.4 is 20.7 Å². The van der Waals surface area contributed by atoms with Gasteiger partial charge in [-0.2, -0.15) is 0 Å². The standard InChI is InChI=1S/C21H28N4O2/c1-3-27-19-12-16(5-4-15(19)2)14-25(18-8-10-23-11-9-18)20-7-6-17(13-24-20)21(22)26/h4-7,12-13,18,23H,3,8-11,14H2,1-2H3,(H2,22,26). The summed E-state index contributed by atoms with van der Waals surface area (Å²) in [4.78, 5) is 18.2. The molecule has 1 amide bonds. The Bertz CT molecular complexity index is 770. The Labute approximate surface area is 160 Å². The van der Waals surface area contributed by atoms with Crippen molar-refractivity contribution in [2.75, 3.05) is 24.6 Å². The normalized spacial score (nSPS) is 14.7. The minimum Gasteiger partial charge on any atom is -0.494 e. The van der Waals surface area contributed by atoms with Gasteiger partial charge >= 0.3 is 0 Å². The second kappa shape index (κ2) is 8.86. The molecule has 2 heterocycles. The molecule has 0 radical (unpaired) electrons. The van der Waals surface area contributed by atoms with Gasteiger partial charge in [0.25, 0.3) is 0 Å². The molecule has 0 bridgehead atoms. The second-order valence-electron chi connectivity index (χ2n) is 6.91. The molecule has 3 rings (SSSR count). The van der Waals surface area contributed by atoms with Crippen molar-refractivity contribution >= 4 is 11.7 Å². The molecule has 0 aliphatic carbocycles. The van der Waals surface area contributed by atoms with Gasteiger partial charge in [0.15, 0.2) is 0 Å². The van der Waals surface area contributed by atoms with Crippen LogP contribution >= 0.6 is 0 Å². The van der Waals surface area contributed by atoms with Crippen LogP contribution in [0.2, 0.25) is 0 Å². The van der Waals surface area contributed by atoms with E-state index in [0.717, 1.165) is 49.6 Å². The Hall–Kier alpha value is -2.60. The van der Waals surface area contributed by atoms with Crippen LogP contribution in [0.4, 0.5) is 5.82 Å². The van der Waals surface area contributed by atoms with E-state index in [0.29, 0.717) is 18.2 Å². The Morgan fingerprint density at radius 1 is 1.30 bits per heavy atom. The number of carbonyl (C=O) groups is 1. The molecule has 1 aliphatic heterocycles. The molecule has 27 heavy (non-hydrogen) atoms. The van der Waals surface area contributed by atoms with E-state index < -0.39 is 5.91 Å². The number of ether oxygens (including phenoxy) is 1. The van der Waals surface area contributed by atoms with Gasteiger partial charge in [0, 0.05) is 18.8 Å². The first-order valence-corrected chi connectivity index (χ1v) is 9.54. The minimum atomic E-state index is -0.456. The molecular weight excluding hydrogens is 340 g/mol. The van der Waals surface area contributed by atoms with Gasteiger partial charge < -0.3 is 20.7 Å². The summed E-state index contributed by atoms with van der Waals surface area (Å²) in [5, 5.41) is 3.41. The SMILES string of the molecule is CCOc1cc(CN(c2ccc(C(N)=O)cn2)C2CCNCC2)ccc1C. The molecule has 1 aliphatic rings. The van der Waals surface area contributed by atoms with Crippen molar-refractivity contribution in [3.8, 4) is 5.75 Å². The maximum atomic E-state index is 11.4. The molecule has 6 nitrogen and oxygen atoms in total. The van der Waals surface area contributed by atoms with Gasteiger partial charge in [-0.25, -0.2) is 4.98 Å². The average molecular weight is 368 g/mol. The Kier molecular flexibility index (Phi) is 6.29. The van der Waals surface area contributed by atoms with Crippen LogP contribution in [0.5, 0.6) is 5.75 Å². The summed E-state index contributed by atoms with van der Waals surface area (Å²) in [5.74, 6) is 1.34. The molecule has 144 valence electrons. The summed E-state index contributed by atoms with van der Waals surface area (Å²) < 4.78 is 5.76. The molecule has 1 aromatic heterocycles. The maximum Gasteiger partial charge on any atom is 0.250 e. The molecule has 1 fully saturated rings. The van der Waals surface area contributed by atoms with Gasteiger partial charge in [0.05, 0.1) is 12.2 Å². The fourth-order valence-electron chi connectivity index (χ4n) is 3.47. The van der Waals surface area contributed by atoms with Crippen LogP contribution in [-0.4, -0.2) is 36.6 Å². The van der Waals surface area contributed by atoms with Crippen LogP contribution in [0.1, 0.15) is 41.3 Å². The number of aromatic nitrogens is 1. The number of hydrogen-bond acceptors (Lipinski definition) is 5. The van der Waals surface area contributed by atoms with Gasteiger partial charge in [0.1, 0.15) is 11.6 Å². The summed E-state index contributed by atoms with van der Waals surface area (Å²) in [7, 11) is 0. The molecule has 0 unspecified atom stereocenters. The molecule has 0 atom stereocenters. The summed E-state index contributed by atoms with van der Waals surface area (Å²) in [5.41, 5.74) is 8.10. The van der Waals surface area contributed by atoms with E-state index in [1.165, 1.54) is 5.56 Å². The summed E-state index contributed by atoms with van der Waals surface area (Å²) in [6, 6.07) is 10.4. The van der Waals surface area contributed by atoms with Gasteiger partial charge in [-0.1, -0.05) is 12.1 Å². The smallest absolute Gasteiger partial charge is 0.250 e. The lowest BCUT2D eigenvalue weighted by Crippen LogP contribution is -2.43. The largest absolute Gasteiger partial charge is 0.494 e. The number of nitrogens with zero attached hydrogens (tertiary/aromatic N) is 2. The van der Waals surface area contributed by atoms with Crippen LogP contribution in [0.25, 0.3) is 0 Å². The van der Waals surface area contributed by atoms with E-state index in [4.69, 9.17) is 10.5 Å². The van der Waals surface area contributed by atoms with Crippen molar-refractivity contribution in [1.82, 2.24) is 10.3 Å². The molecule has 1 aromatic carbocycles. The van der Waals surface area contributed by atoms with Crippen LogP contribution in [0, 0.1) is 6.92 Å². The third-order valence-corrected chi connectivity index (χ3v) is 4.98. The number of nitrogens with one attached hydrogen (secondary N) is 1. The van der Waals surface area contributed by atoms with Crippen molar-refractivity contribution in [2.24, 2.45) is 5.73 Å². The van der Waals surface area contributed by atoms with Crippen LogP contribution in [-0.2, 0) is 6.54 Å². The van der Waals surface area contributed by atoms with Gasteiger partial charge in [-0.15, -0.1) is 0 Å². The van der Waals surface area contributed by atoms with Crippen LogP contribution in [0.15, 0.2) is 36.5 Å².